The quantitative estimate of drug-likeness (QED) is 0.868. The number of aryl methyl sites for hydroxylation is 1. The fourth-order valence-electron chi connectivity index (χ4n) is 2.64. The first kappa shape index (κ1) is 13.6. The lowest BCUT2D eigenvalue weighted by Gasteiger charge is -2.42. The Kier molecular flexibility index (Phi) is 4.10. The molecular formula is C14H24N2O2. The zero-order chi connectivity index (χ0) is 13.2. The largest absolute Gasteiger partial charge is 0.465 e. The summed E-state index contributed by atoms with van der Waals surface area (Å²) < 4.78 is 11.1. The van der Waals surface area contributed by atoms with Crippen LogP contribution < -0.4 is 5.73 Å². The Morgan fingerprint density at radius 1 is 1.50 bits per heavy atom. The summed E-state index contributed by atoms with van der Waals surface area (Å²) in [6.45, 7) is 7.29. The van der Waals surface area contributed by atoms with Gasteiger partial charge >= 0.3 is 0 Å². The first-order valence-corrected chi connectivity index (χ1v) is 6.60. The summed E-state index contributed by atoms with van der Waals surface area (Å²) in [6, 6.07) is 4.04. The molecule has 1 aromatic heterocycles. The van der Waals surface area contributed by atoms with E-state index in [1.165, 1.54) is 0 Å². The molecule has 1 aliphatic heterocycles. The van der Waals surface area contributed by atoms with Gasteiger partial charge in [-0.2, -0.15) is 0 Å². The Balaban J connectivity index is 2.06. The molecule has 2 rings (SSSR count). The van der Waals surface area contributed by atoms with E-state index in [9.17, 15) is 0 Å². The van der Waals surface area contributed by atoms with Crippen LogP contribution in [-0.2, 0) is 11.3 Å². The monoisotopic (exact) mass is 252 g/mol. The summed E-state index contributed by atoms with van der Waals surface area (Å²) in [6.07, 6.45) is 1.09. The number of hydrogen-bond acceptors (Lipinski definition) is 4. The standard InChI is InChI=1S/C14H24N2O2/c1-11-4-5-13(18-11)8-16(3)14(2,10-15)12-6-7-17-9-12/h4-5,12H,6-10,15H2,1-3H3. The lowest BCUT2D eigenvalue weighted by molar-refractivity contribution is 0.0558. The van der Waals surface area contributed by atoms with Crippen LogP contribution in [0, 0.1) is 12.8 Å². The first-order chi connectivity index (χ1) is 8.56. The highest BCUT2D eigenvalue weighted by Gasteiger charge is 2.39. The number of likely N-dealkylation sites (N-methyl/N-ethyl adjacent to an activating group) is 1. The molecule has 2 unspecified atom stereocenters. The maximum Gasteiger partial charge on any atom is 0.118 e. The zero-order valence-corrected chi connectivity index (χ0v) is 11.6. The molecule has 0 bridgehead atoms. The van der Waals surface area contributed by atoms with Gasteiger partial charge in [-0.1, -0.05) is 0 Å². The van der Waals surface area contributed by atoms with Gasteiger partial charge in [-0.15, -0.1) is 0 Å². The first-order valence-electron chi connectivity index (χ1n) is 6.60. The van der Waals surface area contributed by atoms with Crippen molar-refractivity contribution in [1.29, 1.82) is 0 Å². The average molecular weight is 252 g/mol. The van der Waals surface area contributed by atoms with Gasteiger partial charge in [0, 0.05) is 24.6 Å². The van der Waals surface area contributed by atoms with Crippen LogP contribution in [-0.4, -0.2) is 37.2 Å². The fourth-order valence-corrected chi connectivity index (χ4v) is 2.64. The SMILES string of the molecule is Cc1ccc(CN(C)C(C)(CN)C2CCOC2)o1. The molecule has 0 aromatic carbocycles. The van der Waals surface area contributed by atoms with Gasteiger partial charge in [0.1, 0.15) is 11.5 Å². The van der Waals surface area contributed by atoms with Gasteiger partial charge in [-0.3, -0.25) is 4.90 Å². The van der Waals surface area contributed by atoms with E-state index in [1.807, 2.05) is 19.1 Å². The van der Waals surface area contributed by atoms with E-state index in [0.29, 0.717) is 12.5 Å². The minimum atomic E-state index is -0.0306. The third kappa shape index (κ3) is 2.60. The Hall–Kier alpha value is -0.840. The van der Waals surface area contributed by atoms with E-state index in [4.69, 9.17) is 14.9 Å². The predicted octanol–water partition coefficient (Wildman–Crippen LogP) is 1.77. The number of ether oxygens (including phenoxy) is 1. The minimum Gasteiger partial charge on any atom is -0.465 e. The van der Waals surface area contributed by atoms with Crippen molar-refractivity contribution in [3.63, 3.8) is 0 Å². The molecule has 2 atom stereocenters. The lowest BCUT2D eigenvalue weighted by Crippen LogP contribution is -2.54. The second-order valence-corrected chi connectivity index (χ2v) is 5.49. The third-order valence-electron chi connectivity index (χ3n) is 4.28. The second kappa shape index (κ2) is 5.43. The maximum atomic E-state index is 6.02. The minimum absolute atomic E-state index is 0.0306. The van der Waals surface area contributed by atoms with Gasteiger partial charge in [0.05, 0.1) is 13.2 Å². The number of hydrogen-bond donors (Lipinski definition) is 1. The molecule has 4 heteroatoms. The van der Waals surface area contributed by atoms with Crippen LogP contribution >= 0.6 is 0 Å². The molecule has 1 saturated heterocycles. The third-order valence-corrected chi connectivity index (χ3v) is 4.28. The van der Waals surface area contributed by atoms with Gasteiger partial charge in [-0.25, -0.2) is 0 Å². The molecule has 0 spiro atoms. The molecule has 4 nitrogen and oxygen atoms in total. The van der Waals surface area contributed by atoms with E-state index in [0.717, 1.165) is 37.7 Å². The predicted molar refractivity (Wildman–Crippen MR) is 71.3 cm³/mol. The van der Waals surface area contributed by atoms with E-state index >= 15 is 0 Å². The molecule has 102 valence electrons. The van der Waals surface area contributed by atoms with Crippen molar-refractivity contribution in [3.05, 3.63) is 23.7 Å². The lowest BCUT2D eigenvalue weighted by atomic mass is 9.83. The smallest absolute Gasteiger partial charge is 0.118 e. The van der Waals surface area contributed by atoms with Gasteiger partial charge in [0.2, 0.25) is 0 Å². The summed E-state index contributed by atoms with van der Waals surface area (Å²) in [4.78, 5) is 2.30. The topological polar surface area (TPSA) is 51.6 Å². The van der Waals surface area contributed by atoms with Crippen molar-refractivity contribution in [3.8, 4) is 0 Å². The van der Waals surface area contributed by atoms with Crippen molar-refractivity contribution in [2.24, 2.45) is 11.7 Å². The maximum absolute atomic E-state index is 6.02. The molecule has 1 aromatic rings. The molecule has 1 fully saturated rings. The second-order valence-electron chi connectivity index (χ2n) is 5.49. The van der Waals surface area contributed by atoms with Crippen molar-refractivity contribution in [1.82, 2.24) is 4.90 Å². The number of nitrogens with zero attached hydrogens (tertiary/aromatic N) is 1. The van der Waals surface area contributed by atoms with Gasteiger partial charge in [0.15, 0.2) is 0 Å². The summed E-state index contributed by atoms with van der Waals surface area (Å²) in [5.41, 5.74) is 5.99. The molecule has 18 heavy (non-hydrogen) atoms. The molecule has 0 aliphatic carbocycles. The summed E-state index contributed by atoms with van der Waals surface area (Å²) >= 11 is 0. The molecule has 0 radical (unpaired) electrons. The zero-order valence-electron chi connectivity index (χ0n) is 11.6. The average Bonchev–Trinajstić information content (AvgIpc) is 2.99. The summed E-state index contributed by atoms with van der Waals surface area (Å²) in [7, 11) is 2.11. The van der Waals surface area contributed by atoms with Crippen molar-refractivity contribution in [2.45, 2.75) is 32.4 Å². The Morgan fingerprint density at radius 3 is 2.78 bits per heavy atom. The normalized spacial score (nSPS) is 23.5. The van der Waals surface area contributed by atoms with Crippen LogP contribution in [0.1, 0.15) is 24.9 Å². The highest BCUT2D eigenvalue weighted by atomic mass is 16.5. The Morgan fingerprint density at radius 2 is 2.28 bits per heavy atom. The highest BCUT2D eigenvalue weighted by molar-refractivity contribution is 5.06. The van der Waals surface area contributed by atoms with Gasteiger partial charge < -0.3 is 14.9 Å². The van der Waals surface area contributed by atoms with Crippen LogP contribution in [0.15, 0.2) is 16.5 Å². The van der Waals surface area contributed by atoms with Crippen LogP contribution in [0.3, 0.4) is 0 Å². The molecule has 0 saturated carbocycles. The van der Waals surface area contributed by atoms with E-state index < -0.39 is 0 Å². The van der Waals surface area contributed by atoms with Crippen LogP contribution in [0.2, 0.25) is 0 Å². The summed E-state index contributed by atoms with van der Waals surface area (Å²) in [5, 5.41) is 0. The van der Waals surface area contributed by atoms with E-state index in [2.05, 4.69) is 18.9 Å². The van der Waals surface area contributed by atoms with Crippen LogP contribution in [0.5, 0.6) is 0 Å². The fraction of sp³-hybridized carbons (Fsp3) is 0.714. The van der Waals surface area contributed by atoms with Crippen molar-refractivity contribution in [2.75, 3.05) is 26.8 Å². The summed E-state index contributed by atoms with van der Waals surface area (Å²) in [5.74, 6) is 2.45. The van der Waals surface area contributed by atoms with Gasteiger partial charge in [0.25, 0.3) is 0 Å². The highest BCUT2D eigenvalue weighted by Crippen LogP contribution is 2.30. The molecule has 0 amide bonds. The molecule has 2 heterocycles. The number of rotatable bonds is 5. The van der Waals surface area contributed by atoms with Crippen molar-refractivity contribution >= 4 is 0 Å². The Bertz CT molecular complexity index is 385. The molecule has 2 N–H and O–H groups in total. The van der Waals surface area contributed by atoms with E-state index in [-0.39, 0.29) is 5.54 Å². The number of nitrogens with two attached hydrogens (primary N) is 1. The number of furan rings is 1. The molecule has 1 aliphatic rings. The van der Waals surface area contributed by atoms with E-state index in [1.54, 1.807) is 0 Å². The molecular weight excluding hydrogens is 228 g/mol. The van der Waals surface area contributed by atoms with Gasteiger partial charge in [-0.05, 0) is 39.4 Å². The van der Waals surface area contributed by atoms with Crippen molar-refractivity contribution < 1.29 is 9.15 Å². The Labute approximate surface area is 109 Å². The van der Waals surface area contributed by atoms with Crippen LogP contribution in [0.25, 0.3) is 0 Å². The van der Waals surface area contributed by atoms with Crippen LogP contribution in [0.4, 0.5) is 0 Å².